The SMILES string of the molecule is CNC(=O)C1CCN(C(=O)NCC(CC(=O)O)OC)CC1. The van der Waals surface area contributed by atoms with Crippen LogP contribution in [0.15, 0.2) is 0 Å². The largest absolute Gasteiger partial charge is 0.481 e. The lowest BCUT2D eigenvalue weighted by molar-refractivity contribution is -0.139. The Morgan fingerprint density at radius 3 is 2.43 bits per heavy atom. The monoisotopic (exact) mass is 301 g/mol. The lowest BCUT2D eigenvalue weighted by atomic mass is 9.96. The summed E-state index contributed by atoms with van der Waals surface area (Å²) < 4.78 is 4.99. The van der Waals surface area contributed by atoms with Crippen molar-refractivity contribution in [1.82, 2.24) is 15.5 Å². The Labute approximate surface area is 123 Å². The van der Waals surface area contributed by atoms with E-state index >= 15 is 0 Å². The van der Waals surface area contributed by atoms with E-state index in [2.05, 4.69) is 10.6 Å². The standard InChI is InChI=1S/C13H23N3O5/c1-14-12(19)9-3-5-16(6-4-9)13(20)15-8-10(21-2)7-11(17)18/h9-10H,3-8H2,1-2H3,(H,14,19)(H,15,20)(H,17,18). The summed E-state index contributed by atoms with van der Waals surface area (Å²) in [6.45, 7) is 1.18. The third-order valence-electron chi connectivity index (χ3n) is 3.62. The van der Waals surface area contributed by atoms with Crippen LogP contribution in [0.5, 0.6) is 0 Å². The molecule has 120 valence electrons. The molecule has 0 aromatic carbocycles. The highest BCUT2D eigenvalue weighted by atomic mass is 16.5. The highest BCUT2D eigenvalue weighted by molar-refractivity contribution is 5.79. The Balaban J connectivity index is 2.33. The summed E-state index contributed by atoms with van der Waals surface area (Å²) in [5, 5.41) is 14.0. The summed E-state index contributed by atoms with van der Waals surface area (Å²) in [6.07, 6.45) is 0.566. The van der Waals surface area contributed by atoms with Gasteiger partial charge in [0.1, 0.15) is 0 Å². The fraction of sp³-hybridized carbons (Fsp3) is 0.769. The van der Waals surface area contributed by atoms with E-state index in [0.717, 1.165) is 0 Å². The smallest absolute Gasteiger partial charge is 0.317 e. The number of nitrogens with one attached hydrogen (secondary N) is 2. The summed E-state index contributed by atoms with van der Waals surface area (Å²) >= 11 is 0. The molecule has 21 heavy (non-hydrogen) atoms. The number of carboxylic acid groups (broad SMARTS) is 1. The molecule has 1 rings (SSSR count). The fourth-order valence-corrected chi connectivity index (χ4v) is 2.30. The Morgan fingerprint density at radius 2 is 1.95 bits per heavy atom. The van der Waals surface area contributed by atoms with Crippen molar-refractivity contribution in [3.63, 3.8) is 0 Å². The number of aliphatic carboxylic acids is 1. The van der Waals surface area contributed by atoms with E-state index in [1.807, 2.05) is 0 Å². The minimum Gasteiger partial charge on any atom is -0.481 e. The van der Waals surface area contributed by atoms with Gasteiger partial charge >= 0.3 is 12.0 Å². The highest BCUT2D eigenvalue weighted by Gasteiger charge is 2.27. The first-order valence-electron chi connectivity index (χ1n) is 6.96. The number of urea groups is 1. The van der Waals surface area contributed by atoms with Gasteiger partial charge in [-0.05, 0) is 12.8 Å². The third kappa shape index (κ3) is 5.58. The van der Waals surface area contributed by atoms with Crippen LogP contribution in [0.1, 0.15) is 19.3 Å². The molecule has 1 atom stereocenters. The predicted octanol–water partition coefficient (Wildman–Crippen LogP) is -0.356. The van der Waals surface area contributed by atoms with Crippen LogP contribution in [0.4, 0.5) is 4.79 Å². The molecule has 1 fully saturated rings. The van der Waals surface area contributed by atoms with Crippen molar-refractivity contribution < 1.29 is 24.2 Å². The van der Waals surface area contributed by atoms with Crippen molar-refractivity contribution >= 4 is 17.9 Å². The molecule has 1 aliphatic rings. The first-order valence-corrected chi connectivity index (χ1v) is 6.96. The maximum atomic E-state index is 12.0. The number of hydrogen-bond donors (Lipinski definition) is 3. The zero-order valence-electron chi connectivity index (χ0n) is 12.4. The zero-order valence-corrected chi connectivity index (χ0v) is 12.4. The van der Waals surface area contributed by atoms with Gasteiger partial charge in [0.15, 0.2) is 0 Å². The molecule has 8 heteroatoms. The number of ether oxygens (including phenoxy) is 1. The molecular weight excluding hydrogens is 278 g/mol. The molecule has 0 aromatic heterocycles. The van der Waals surface area contributed by atoms with E-state index in [9.17, 15) is 14.4 Å². The second-order valence-electron chi connectivity index (χ2n) is 5.02. The normalized spacial score (nSPS) is 17.1. The topological polar surface area (TPSA) is 108 Å². The first-order chi connectivity index (χ1) is 9.97. The Hall–Kier alpha value is -1.83. The van der Waals surface area contributed by atoms with E-state index in [0.29, 0.717) is 25.9 Å². The zero-order chi connectivity index (χ0) is 15.8. The van der Waals surface area contributed by atoms with Gasteiger partial charge in [-0.3, -0.25) is 9.59 Å². The third-order valence-corrected chi connectivity index (χ3v) is 3.62. The van der Waals surface area contributed by atoms with E-state index < -0.39 is 12.1 Å². The van der Waals surface area contributed by atoms with Gasteiger partial charge in [-0.15, -0.1) is 0 Å². The van der Waals surface area contributed by atoms with Gasteiger partial charge < -0.3 is 25.4 Å². The molecule has 0 radical (unpaired) electrons. The molecule has 1 unspecified atom stereocenters. The number of rotatable bonds is 6. The van der Waals surface area contributed by atoms with Gasteiger partial charge in [0.25, 0.3) is 0 Å². The number of carbonyl (C=O) groups is 3. The van der Waals surface area contributed by atoms with Gasteiger partial charge in [0, 0.05) is 39.7 Å². The van der Waals surface area contributed by atoms with Crippen molar-refractivity contribution in [3.05, 3.63) is 0 Å². The molecule has 1 saturated heterocycles. The van der Waals surface area contributed by atoms with Crippen LogP contribution >= 0.6 is 0 Å². The fourth-order valence-electron chi connectivity index (χ4n) is 2.30. The van der Waals surface area contributed by atoms with Gasteiger partial charge in [0.2, 0.25) is 5.91 Å². The lowest BCUT2D eigenvalue weighted by Gasteiger charge is -2.31. The van der Waals surface area contributed by atoms with Crippen molar-refractivity contribution in [2.75, 3.05) is 33.8 Å². The number of methoxy groups -OCH3 is 1. The molecule has 0 aliphatic carbocycles. The van der Waals surface area contributed by atoms with Gasteiger partial charge in [-0.2, -0.15) is 0 Å². The summed E-state index contributed by atoms with van der Waals surface area (Å²) in [7, 11) is 3.02. The number of hydrogen-bond acceptors (Lipinski definition) is 4. The minimum atomic E-state index is -0.970. The summed E-state index contributed by atoms with van der Waals surface area (Å²) in [6, 6.07) is -0.252. The molecule has 0 spiro atoms. The number of carbonyl (C=O) groups excluding carboxylic acids is 2. The molecule has 0 saturated carbocycles. The number of carboxylic acids is 1. The van der Waals surface area contributed by atoms with Crippen LogP contribution in [0.2, 0.25) is 0 Å². The summed E-state index contributed by atoms with van der Waals surface area (Å²) in [4.78, 5) is 35.7. The van der Waals surface area contributed by atoms with Gasteiger partial charge in [0.05, 0.1) is 12.5 Å². The number of piperidine rings is 1. The van der Waals surface area contributed by atoms with E-state index in [1.165, 1.54) is 7.11 Å². The second-order valence-corrected chi connectivity index (χ2v) is 5.02. The minimum absolute atomic E-state index is 0.0102. The number of amides is 3. The molecule has 0 bridgehead atoms. The molecule has 1 heterocycles. The first kappa shape index (κ1) is 17.2. The van der Waals surface area contributed by atoms with Crippen molar-refractivity contribution in [2.45, 2.75) is 25.4 Å². The average Bonchev–Trinajstić information content (AvgIpc) is 2.50. The predicted molar refractivity (Wildman–Crippen MR) is 74.8 cm³/mol. The summed E-state index contributed by atoms with van der Waals surface area (Å²) in [5.74, 6) is -1.00. The van der Waals surface area contributed by atoms with Crippen molar-refractivity contribution in [3.8, 4) is 0 Å². The van der Waals surface area contributed by atoms with Gasteiger partial charge in [-0.1, -0.05) is 0 Å². The maximum Gasteiger partial charge on any atom is 0.317 e. The molecule has 3 amide bonds. The van der Waals surface area contributed by atoms with E-state index in [-0.39, 0.29) is 30.8 Å². The Bertz CT molecular complexity index is 380. The maximum absolute atomic E-state index is 12.0. The van der Waals surface area contributed by atoms with Crippen LogP contribution in [0.3, 0.4) is 0 Å². The second kappa shape index (κ2) is 8.46. The van der Waals surface area contributed by atoms with Gasteiger partial charge in [-0.25, -0.2) is 4.79 Å². The number of likely N-dealkylation sites (tertiary alicyclic amines) is 1. The summed E-state index contributed by atoms with van der Waals surface area (Å²) in [5.41, 5.74) is 0. The molecular formula is C13H23N3O5. The quantitative estimate of drug-likeness (QED) is 0.621. The van der Waals surface area contributed by atoms with Crippen LogP contribution in [0.25, 0.3) is 0 Å². The van der Waals surface area contributed by atoms with Crippen LogP contribution in [-0.4, -0.2) is 67.8 Å². The molecule has 8 nitrogen and oxygen atoms in total. The lowest BCUT2D eigenvalue weighted by Crippen LogP contribution is -2.48. The molecule has 0 aromatic rings. The molecule has 3 N–H and O–H groups in total. The Kier molecular flexibility index (Phi) is 6.93. The Morgan fingerprint density at radius 1 is 1.33 bits per heavy atom. The van der Waals surface area contributed by atoms with Crippen molar-refractivity contribution in [2.24, 2.45) is 5.92 Å². The highest BCUT2D eigenvalue weighted by Crippen LogP contribution is 2.17. The van der Waals surface area contributed by atoms with Crippen LogP contribution in [-0.2, 0) is 14.3 Å². The average molecular weight is 301 g/mol. The molecule has 1 aliphatic heterocycles. The van der Waals surface area contributed by atoms with Crippen LogP contribution in [0, 0.1) is 5.92 Å². The van der Waals surface area contributed by atoms with Crippen LogP contribution < -0.4 is 10.6 Å². The van der Waals surface area contributed by atoms with E-state index in [1.54, 1.807) is 11.9 Å². The van der Waals surface area contributed by atoms with E-state index in [4.69, 9.17) is 9.84 Å². The number of nitrogens with zero attached hydrogens (tertiary/aromatic N) is 1. The van der Waals surface area contributed by atoms with Crippen molar-refractivity contribution in [1.29, 1.82) is 0 Å².